The summed E-state index contributed by atoms with van der Waals surface area (Å²) in [5.41, 5.74) is -0.502. The number of hydrogen-bond acceptors (Lipinski definition) is 3. The number of carbonyl (C=O) groups is 3. The number of carbonyl (C=O) groups excluding carboxylic acids is 2. The van der Waals surface area contributed by atoms with Gasteiger partial charge in [0.1, 0.15) is 0 Å². The van der Waals surface area contributed by atoms with Crippen molar-refractivity contribution < 1.29 is 19.5 Å². The number of hydrogen-bond donors (Lipinski definition) is 2. The van der Waals surface area contributed by atoms with Crippen LogP contribution in [0.2, 0.25) is 0 Å². The Hall–Kier alpha value is -1.59. The lowest BCUT2D eigenvalue weighted by Gasteiger charge is -2.38. The molecule has 0 saturated carbocycles. The number of nitrogens with zero attached hydrogens (tertiary/aromatic N) is 1. The summed E-state index contributed by atoms with van der Waals surface area (Å²) >= 11 is 0. The topological polar surface area (TPSA) is 86.7 Å². The Morgan fingerprint density at radius 3 is 2.36 bits per heavy atom. The normalized spacial score (nSPS) is 22.3. The minimum atomic E-state index is -0.865. The molecular formula is C16H28N2O4. The molecule has 0 bridgehead atoms. The van der Waals surface area contributed by atoms with Gasteiger partial charge in [-0.2, -0.15) is 0 Å². The van der Waals surface area contributed by atoms with Gasteiger partial charge < -0.3 is 15.3 Å². The molecule has 1 aliphatic rings. The summed E-state index contributed by atoms with van der Waals surface area (Å²) < 4.78 is 0. The van der Waals surface area contributed by atoms with Gasteiger partial charge in [-0.05, 0) is 18.8 Å². The minimum Gasteiger partial charge on any atom is -0.481 e. The number of carboxylic acids is 1. The first-order valence-corrected chi connectivity index (χ1v) is 7.94. The SMILES string of the molecule is CCCC(=O)N1CC(CC(=O)O)CC(NC(=O)C(C)(C)C)C1. The van der Waals surface area contributed by atoms with E-state index >= 15 is 0 Å². The minimum absolute atomic E-state index is 0.0256. The zero-order chi connectivity index (χ0) is 16.9. The van der Waals surface area contributed by atoms with Crippen LogP contribution in [0.25, 0.3) is 0 Å². The van der Waals surface area contributed by atoms with Crippen molar-refractivity contribution in [3.05, 3.63) is 0 Å². The number of amides is 2. The Bertz CT molecular complexity index is 428. The zero-order valence-corrected chi connectivity index (χ0v) is 14.0. The van der Waals surface area contributed by atoms with Gasteiger partial charge in [0.2, 0.25) is 11.8 Å². The van der Waals surface area contributed by atoms with Gasteiger partial charge in [-0.1, -0.05) is 27.7 Å². The van der Waals surface area contributed by atoms with Crippen LogP contribution in [0.5, 0.6) is 0 Å². The number of nitrogens with one attached hydrogen (secondary N) is 1. The van der Waals surface area contributed by atoms with Gasteiger partial charge in [0.05, 0.1) is 0 Å². The fraction of sp³-hybridized carbons (Fsp3) is 0.812. The van der Waals surface area contributed by atoms with E-state index in [0.717, 1.165) is 6.42 Å². The summed E-state index contributed by atoms with van der Waals surface area (Å²) in [7, 11) is 0. The summed E-state index contributed by atoms with van der Waals surface area (Å²) in [6.45, 7) is 8.37. The Morgan fingerprint density at radius 2 is 1.86 bits per heavy atom. The van der Waals surface area contributed by atoms with Crippen molar-refractivity contribution in [3.63, 3.8) is 0 Å². The van der Waals surface area contributed by atoms with Crippen LogP contribution in [0, 0.1) is 11.3 Å². The van der Waals surface area contributed by atoms with Crippen LogP contribution in [0.4, 0.5) is 0 Å². The van der Waals surface area contributed by atoms with Crippen LogP contribution < -0.4 is 5.32 Å². The molecule has 1 fully saturated rings. The van der Waals surface area contributed by atoms with Crippen molar-refractivity contribution in [3.8, 4) is 0 Å². The highest BCUT2D eigenvalue weighted by atomic mass is 16.4. The number of likely N-dealkylation sites (tertiary alicyclic amines) is 1. The largest absolute Gasteiger partial charge is 0.481 e. The predicted octanol–water partition coefficient (Wildman–Crippen LogP) is 1.64. The smallest absolute Gasteiger partial charge is 0.303 e. The van der Waals surface area contributed by atoms with Crippen molar-refractivity contribution in [2.24, 2.45) is 11.3 Å². The fourth-order valence-corrected chi connectivity index (χ4v) is 2.68. The molecule has 0 aliphatic carbocycles. The van der Waals surface area contributed by atoms with Gasteiger partial charge in [-0.3, -0.25) is 14.4 Å². The molecule has 6 heteroatoms. The average molecular weight is 312 g/mol. The number of rotatable bonds is 5. The van der Waals surface area contributed by atoms with E-state index in [4.69, 9.17) is 5.11 Å². The standard InChI is InChI=1S/C16H28N2O4/c1-5-6-13(19)18-9-11(8-14(20)21)7-12(10-18)17-15(22)16(2,3)4/h11-12H,5-10H2,1-4H3,(H,17,22)(H,20,21). The van der Waals surface area contributed by atoms with Crippen LogP contribution in [0.3, 0.4) is 0 Å². The van der Waals surface area contributed by atoms with Gasteiger partial charge in [0.25, 0.3) is 0 Å². The monoisotopic (exact) mass is 312 g/mol. The highest BCUT2D eigenvalue weighted by molar-refractivity contribution is 5.82. The Morgan fingerprint density at radius 1 is 1.23 bits per heavy atom. The number of aliphatic carboxylic acids is 1. The summed E-state index contributed by atoms with van der Waals surface area (Å²) in [6, 6.07) is -0.175. The number of carboxylic acid groups (broad SMARTS) is 1. The Balaban J connectivity index is 2.76. The van der Waals surface area contributed by atoms with Crippen LogP contribution in [0.1, 0.15) is 53.4 Å². The molecule has 2 unspecified atom stereocenters. The second-order valence-electron chi connectivity index (χ2n) is 7.17. The third-order valence-electron chi connectivity index (χ3n) is 3.83. The van der Waals surface area contributed by atoms with Crippen molar-refractivity contribution in [2.45, 2.75) is 59.4 Å². The van der Waals surface area contributed by atoms with E-state index in [-0.39, 0.29) is 30.2 Å². The van der Waals surface area contributed by atoms with E-state index in [1.807, 2.05) is 27.7 Å². The van der Waals surface area contributed by atoms with Crippen molar-refractivity contribution in [1.82, 2.24) is 10.2 Å². The third-order valence-corrected chi connectivity index (χ3v) is 3.83. The van der Waals surface area contributed by atoms with Crippen molar-refractivity contribution in [1.29, 1.82) is 0 Å². The third kappa shape index (κ3) is 5.66. The molecule has 22 heavy (non-hydrogen) atoms. The summed E-state index contributed by atoms with van der Waals surface area (Å²) in [5.74, 6) is -1.02. The molecule has 126 valence electrons. The Labute approximate surface area is 132 Å². The zero-order valence-electron chi connectivity index (χ0n) is 14.0. The van der Waals surface area contributed by atoms with Gasteiger partial charge in [-0.25, -0.2) is 0 Å². The molecule has 2 amide bonds. The van der Waals surface area contributed by atoms with Gasteiger partial charge in [0.15, 0.2) is 0 Å². The summed E-state index contributed by atoms with van der Waals surface area (Å²) in [5, 5.41) is 12.0. The molecule has 0 aromatic heterocycles. The maximum absolute atomic E-state index is 12.1. The molecule has 1 heterocycles. The van der Waals surface area contributed by atoms with E-state index in [9.17, 15) is 14.4 Å². The van der Waals surface area contributed by atoms with Crippen molar-refractivity contribution >= 4 is 17.8 Å². The fourth-order valence-electron chi connectivity index (χ4n) is 2.68. The van der Waals surface area contributed by atoms with Crippen LogP contribution in [-0.2, 0) is 14.4 Å². The number of piperidine rings is 1. The highest BCUT2D eigenvalue weighted by Gasteiger charge is 2.33. The average Bonchev–Trinajstić information content (AvgIpc) is 2.36. The van der Waals surface area contributed by atoms with Gasteiger partial charge in [0, 0.05) is 37.4 Å². The second-order valence-corrected chi connectivity index (χ2v) is 7.17. The second kappa shape index (κ2) is 7.61. The molecular weight excluding hydrogens is 284 g/mol. The van der Waals surface area contributed by atoms with E-state index in [1.165, 1.54) is 0 Å². The molecule has 1 saturated heterocycles. The lowest BCUT2D eigenvalue weighted by molar-refractivity contribution is -0.141. The molecule has 1 aliphatic heterocycles. The maximum Gasteiger partial charge on any atom is 0.303 e. The van der Waals surface area contributed by atoms with Crippen LogP contribution >= 0.6 is 0 Å². The Kier molecular flexibility index (Phi) is 6.38. The predicted molar refractivity (Wildman–Crippen MR) is 83.2 cm³/mol. The lowest BCUT2D eigenvalue weighted by atomic mass is 9.89. The van der Waals surface area contributed by atoms with Gasteiger partial charge in [-0.15, -0.1) is 0 Å². The lowest BCUT2D eigenvalue weighted by Crippen LogP contribution is -2.54. The van der Waals surface area contributed by atoms with E-state index in [0.29, 0.717) is 25.9 Å². The van der Waals surface area contributed by atoms with E-state index in [2.05, 4.69) is 5.32 Å². The first kappa shape index (κ1) is 18.5. The first-order valence-electron chi connectivity index (χ1n) is 7.94. The molecule has 2 atom stereocenters. The summed E-state index contributed by atoms with van der Waals surface area (Å²) in [6.07, 6.45) is 1.85. The first-order chi connectivity index (χ1) is 10.1. The molecule has 1 rings (SSSR count). The van der Waals surface area contributed by atoms with Crippen LogP contribution in [0.15, 0.2) is 0 Å². The van der Waals surface area contributed by atoms with E-state index in [1.54, 1.807) is 4.90 Å². The molecule has 0 radical (unpaired) electrons. The van der Waals surface area contributed by atoms with E-state index < -0.39 is 11.4 Å². The molecule has 0 aromatic rings. The van der Waals surface area contributed by atoms with Gasteiger partial charge >= 0.3 is 5.97 Å². The quantitative estimate of drug-likeness (QED) is 0.808. The summed E-state index contributed by atoms with van der Waals surface area (Å²) in [4.78, 5) is 36.9. The molecule has 0 aromatic carbocycles. The highest BCUT2D eigenvalue weighted by Crippen LogP contribution is 2.22. The van der Waals surface area contributed by atoms with Crippen LogP contribution in [-0.4, -0.2) is 46.9 Å². The maximum atomic E-state index is 12.1. The molecule has 0 spiro atoms. The van der Waals surface area contributed by atoms with Crippen molar-refractivity contribution in [2.75, 3.05) is 13.1 Å². The molecule has 6 nitrogen and oxygen atoms in total. The molecule has 2 N–H and O–H groups in total.